The molecule has 0 aliphatic carbocycles. The number of para-hydroxylation sites is 2. The van der Waals surface area contributed by atoms with Gasteiger partial charge in [0.15, 0.2) is 5.96 Å². The second kappa shape index (κ2) is 9.32. The van der Waals surface area contributed by atoms with E-state index in [1.165, 1.54) is 0 Å². The van der Waals surface area contributed by atoms with Gasteiger partial charge in [0.2, 0.25) is 5.91 Å². The normalized spacial score (nSPS) is 10.9. The van der Waals surface area contributed by atoms with E-state index in [0.29, 0.717) is 12.5 Å². The van der Waals surface area contributed by atoms with Gasteiger partial charge in [-0.05, 0) is 18.2 Å². The van der Waals surface area contributed by atoms with Crippen LogP contribution in [0.15, 0.2) is 59.6 Å². The number of aliphatic imine (C=N–C) groups is 1. The summed E-state index contributed by atoms with van der Waals surface area (Å²) in [4.78, 5) is 18.2. The average Bonchev–Trinajstić information content (AvgIpc) is 2.63. The standard InChI is InChI=1S/C19H24N4O2/c1-20-19(21-13-18(24)22-16-10-5-4-6-11-16)23(2)14-15-9-7-8-12-17(15)25-3/h4-12H,13-14H2,1-3H3,(H,20,21)(H,22,24). The van der Waals surface area contributed by atoms with Crippen molar-refractivity contribution in [1.29, 1.82) is 0 Å². The smallest absolute Gasteiger partial charge is 0.243 e. The number of hydrogen-bond donors (Lipinski definition) is 2. The van der Waals surface area contributed by atoms with Gasteiger partial charge in [0.25, 0.3) is 0 Å². The van der Waals surface area contributed by atoms with Crippen LogP contribution in [0.1, 0.15) is 5.56 Å². The second-order valence-electron chi connectivity index (χ2n) is 5.48. The van der Waals surface area contributed by atoms with E-state index in [1.807, 2.05) is 66.5 Å². The lowest BCUT2D eigenvalue weighted by Gasteiger charge is -2.23. The fourth-order valence-corrected chi connectivity index (χ4v) is 2.43. The van der Waals surface area contributed by atoms with Gasteiger partial charge in [0, 0.05) is 31.9 Å². The Morgan fingerprint density at radius 2 is 1.80 bits per heavy atom. The Morgan fingerprint density at radius 1 is 1.12 bits per heavy atom. The molecule has 2 aromatic carbocycles. The van der Waals surface area contributed by atoms with E-state index in [4.69, 9.17) is 4.74 Å². The highest BCUT2D eigenvalue weighted by atomic mass is 16.5. The maximum absolute atomic E-state index is 12.0. The highest BCUT2D eigenvalue weighted by Gasteiger charge is 2.11. The first kappa shape index (κ1) is 18.3. The SMILES string of the molecule is CN=C(NCC(=O)Nc1ccccc1)N(C)Cc1ccccc1OC. The zero-order chi connectivity index (χ0) is 18.1. The Labute approximate surface area is 148 Å². The van der Waals surface area contributed by atoms with Crippen LogP contribution in [-0.4, -0.2) is 44.5 Å². The fraction of sp³-hybridized carbons (Fsp3) is 0.263. The van der Waals surface area contributed by atoms with Gasteiger partial charge < -0.3 is 20.3 Å². The minimum Gasteiger partial charge on any atom is -0.496 e. The van der Waals surface area contributed by atoms with E-state index in [1.54, 1.807) is 14.2 Å². The van der Waals surface area contributed by atoms with Gasteiger partial charge >= 0.3 is 0 Å². The quantitative estimate of drug-likeness (QED) is 0.626. The van der Waals surface area contributed by atoms with E-state index < -0.39 is 0 Å². The summed E-state index contributed by atoms with van der Waals surface area (Å²) >= 11 is 0. The van der Waals surface area contributed by atoms with Crippen LogP contribution in [0.5, 0.6) is 5.75 Å². The molecule has 0 heterocycles. The van der Waals surface area contributed by atoms with E-state index in [9.17, 15) is 4.79 Å². The van der Waals surface area contributed by atoms with Gasteiger partial charge in [0.05, 0.1) is 13.7 Å². The van der Waals surface area contributed by atoms with Gasteiger partial charge in [-0.3, -0.25) is 9.79 Å². The van der Waals surface area contributed by atoms with Crippen LogP contribution >= 0.6 is 0 Å². The van der Waals surface area contributed by atoms with Crippen molar-refractivity contribution < 1.29 is 9.53 Å². The van der Waals surface area contributed by atoms with Crippen molar-refractivity contribution >= 4 is 17.6 Å². The molecule has 25 heavy (non-hydrogen) atoms. The first-order valence-corrected chi connectivity index (χ1v) is 8.02. The number of hydrogen-bond acceptors (Lipinski definition) is 3. The maximum Gasteiger partial charge on any atom is 0.243 e. The van der Waals surface area contributed by atoms with E-state index >= 15 is 0 Å². The van der Waals surface area contributed by atoms with Crippen LogP contribution in [0.3, 0.4) is 0 Å². The summed E-state index contributed by atoms with van der Waals surface area (Å²) in [6.45, 7) is 0.752. The molecule has 6 heteroatoms. The highest BCUT2D eigenvalue weighted by Crippen LogP contribution is 2.18. The number of ether oxygens (including phenoxy) is 1. The molecule has 6 nitrogen and oxygen atoms in total. The van der Waals surface area contributed by atoms with Crippen molar-refractivity contribution in [1.82, 2.24) is 10.2 Å². The topological polar surface area (TPSA) is 66.0 Å². The molecule has 0 unspecified atom stereocenters. The zero-order valence-corrected chi connectivity index (χ0v) is 14.8. The zero-order valence-electron chi connectivity index (χ0n) is 14.8. The number of guanidine groups is 1. The van der Waals surface area contributed by atoms with Gasteiger partial charge in [-0.2, -0.15) is 0 Å². The Balaban J connectivity index is 1.90. The average molecular weight is 340 g/mol. The summed E-state index contributed by atoms with van der Waals surface area (Å²) in [5.74, 6) is 1.33. The number of methoxy groups -OCH3 is 1. The highest BCUT2D eigenvalue weighted by molar-refractivity contribution is 5.94. The minimum absolute atomic E-state index is 0.127. The largest absolute Gasteiger partial charge is 0.496 e. The first-order chi connectivity index (χ1) is 12.1. The monoisotopic (exact) mass is 340 g/mol. The predicted octanol–water partition coefficient (Wildman–Crippen LogP) is 2.34. The summed E-state index contributed by atoms with van der Waals surface area (Å²) in [5, 5.41) is 5.90. The molecule has 0 aliphatic heterocycles. The molecule has 0 saturated heterocycles. The number of benzene rings is 2. The minimum atomic E-state index is -0.127. The Bertz CT molecular complexity index is 716. The van der Waals surface area contributed by atoms with E-state index in [0.717, 1.165) is 17.0 Å². The van der Waals surface area contributed by atoms with Crippen LogP contribution in [0.2, 0.25) is 0 Å². The summed E-state index contributed by atoms with van der Waals surface area (Å²) in [6.07, 6.45) is 0. The Kier molecular flexibility index (Phi) is 6.83. The summed E-state index contributed by atoms with van der Waals surface area (Å²) < 4.78 is 5.37. The third-order valence-corrected chi connectivity index (χ3v) is 3.64. The fourth-order valence-electron chi connectivity index (χ4n) is 2.43. The van der Waals surface area contributed by atoms with Crippen molar-refractivity contribution in [3.63, 3.8) is 0 Å². The molecule has 0 saturated carbocycles. The molecule has 0 aliphatic rings. The van der Waals surface area contributed by atoms with Crippen molar-refractivity contribution in [3.05, 3.63) is 60.2 Å². The van der Waals surface area contributed by atoms with Gasteiger partial charge in [0.1, 0.15) is 5.75 Å². The number of rotatable bonds is 6. The van der Waals surface area contributed by atoms with Gasteiger partial charge in [-0.15, -0.1) is 0 Å². The van der Waals surface area contributed by atoms with Gasteiger partial charge in [-0.1, -0.05) is 36.4 Å². The molecule has 1 amide bonds. The molecule has 132 valence electrons. The van der Waals surface area contributed by atoms with Crippen molar-refractivity contribution in [2.24, 2.45) is 4.99 Å². The van der Waals surface area contributed by atoms with Gasteiger partial charge in [-0.25, -0.2) is 0 Å². The summed E-state index contributed by atoms with van der Waals surface area (Å²) in [7, 11) is 5.26. The van der Waals surface area contributed by atoms with Crippen molar-refractivity contribution in [2.75, 3.05) is 33.1 Å². The number of nitrogens with one attached hydrogen (secondary N) is 2. The molecule has 2 rings (SSSR count). The summed E-state index contributed by atoms with van der Waals surface area (Å²) in [5.41, 5.74) is 1.82. The second-order valence-corrected chi connectivity index (χ2v) is 5.48. The van der Waals surface area contributed by atoms with Crippen LogP contribution in [0.4, 0.5) is 5.69 Å². The molecule has 0 atom stereocenters. The molecular formula is C19H24N4O2. The predicted molar refractivity (Wildman–Crippen MR) is 101 cm³/mol. The number of nitrogens with zero attached hydrogens (tertiary/aromatic N) is 2. The number of carbonyl (C=O) groups excluding carboxylic acids is 1. The lowest BCUT2D eigenvalue weighted by atomic mass is 10.2. The van der Waals surface area contributed by atoms with Crippen LogP contribution < -0.4 is 15.4 Å². The number of carbonyl (C=O) groups is 1. The van der Waals surface area contributed by atoms with E-state index in [-0.39, 0.29) is 12.5 Å². The third kappa shape index (κ3) is 5.53. The Hall–Kier alpha value is -3.02. The lowest BCUT2D eigenvalue weighted by Crippen LogP contribution is -2.42. The first-order valence-electron chi connectivity index (χ1n) is 8.02. The van der Waals surface area contributed by atoms with Crippen LogP contribution in [0.25, 0.3) is 0 Å². The number of amides is 1. The third-order valence-electron chi connectivity index (χ3n) is 3.64. The molecule has 0 aromatic heterocycles. The molecule has 0 radical (unpaired) electrons. The Morgan fingerprint density at radius 3 is 2.48 bits per heavy atom. The maximum atomic E-state index is 12.0. The molecule has 2 aromatic rings. The number of anilines is 1. The lowest BCUT2D eigenvalue weighted by molar-refractivity contribution is -0.115. The van der Waals surface area contributed by atoms with E-state index in [2.05, 4.69) is 15.6 Å². The molecular weight excluding hydrogens is 316 g/mol. The summed E-state index contributed by atoms with van der Waals surface area (Å²) in [6, 6.07) is 17.2. The molecule has 0 bridgehead atoms. The van der Waals surface area contributed by atoms with Crippen LogP contribution in [0, 0.1) is 0 Å². The van der Waals surface area contributed by atoms with Crippen molar-refractivity contribution in [3.8, 4) is 5.75 Å². The van der Waals surface area contributed by atoms with Crippen molar-refractivity contribution in [2.45, 2.75) is 6.54 Å². The molecule has 0 spiro atoms. The molecule has 2 N–H and O–H groups in total. The van der Waals surface area contributed by atoms with Crippen LogP contribution in [-0.2, 0) is 11.3 Å². The molecule has 0 fully saturated rings.